The van der Waals surface area contributed by atoms with Crippen molar-refractivity contribution in [3.8, 4) is 0 Å². The molecule has 0 radical (unpaired) electrons. The van der Waals surface area contributed by atoms with Crippen LogP contribution in [0, 0.1) is 20.8 Å². The first-order chi connectivity index (χ1) is 12.2. The molecule has 1 aliphatic heterocycles. The maximum Gasteiger partial charge on any atom is 0.305 e. The van der Waals surface area contributed by atoms with Crippen molar-refractivity contribution < 1.29 is 13.2 Å². The number of H-pyrrole nitrogens is 1. The van der Waals surface area contributed by atoms with Crippen molar-refractivity contribution in [2.75, 3.05) is 26.2 Å². The van der Waals surface area contributed by atoms with Crippen LogP contribution in [0.25, 0.3) is 0 Å². The molecular formula is C17H21N3O4S2. The van der Waals surface area contributed by atoms with Gasteiger partial charge in [0.2, 0.25) is 0 Å². The lowest BCUT2D eigenvalue weighted by Crippen LogP contribution is -2.50. The zero-order valence-electron chi connectivity index (χ0n) is 14.9. The van der Waals surface area contributed by atoms with Gasteiger partial charge in [0.25, 0.3) is 15.9 Å². The van der Waals surface area contributed by atoms with Crippen molar-refractivity contribution in [1.29, 1.82) is 0 Å². The number of hydrogen-bond donors (Lipinski definition) is 1. The van der Waals surface area contributed by atoms with Gasteiger partial charge in [0, 0.05) is 37.4 Å². The second-order valence-corrected chi connectivity index (χ2v) is 9.54. The van der Waals surface area contributed by atoms with E-state index in [1.54, 1.807) is 17.9 Å². The molecule has 1 aromatic carbocycles. The Labute approximate surface area is 156 Å². The van der Waals surface area contributed by atoms with Crippen molar-refractivity contribution in [3.63, 3.8) is 0 Å². The number of aromatic amines is 1. The predicted molar refractivity (Wildman–Crippen MR) is 100 cm³/mol. The zero-order valence-corrected chi connectivity index (χ0v) is 16.5. The Hall–Kier alpha value is -1.97. The molecule has 2 heterocycles. The first kappa shape index (κ1) is 18.8. The van der Waals surface area contributed by atoms with Crippen LogP contribution < -0.4 is 4.87 Å². The molecule has 2 aromatic rings. The van der Waals surface area contributed by atoms with Crippen LogP contribution in [0.15, 0.2) is 27.2 Å². The zero-order chi connectivity index (χ0) is 19.1. The minimum atomic E-state index is -3.72. The van der Waals surface area contributed by atoms with E-state index < -0.39 is 10.0 Å². The Morgan fingerprint density at radius 3 is 2.27 bits per heavy atom. The number of carbonyl (C=O) groups excluding carboxylic acids is 1. The number of sulfonamides is 1. The van der Waals surface area contributed by atoms with Gasteiger partial charge < -0.3 is 9.88 Å². The van der Waals surface area contributed by atoms with Gasteiger partial charge in [-0.2, -0.15) is 4.31 Å². The molecule has 1 N–H and O–H groups in total. The summed E-state index contributed by atoms with van der Waals surface area (Å²) in [5.74, 6) is -0.0902. The van der Waals surface area contributed by atoms with Crippen LogP contribution >= 0.6 is 11.3 Å². The summed E-state index contributed by atoms with van der Waals surface area (Å²) < 4.78 is 26.8. The summed E-state index contributed by atoms with van der Waals surface area (Å²) in [6.07, 6.45) is 0. The van der Waals surface area contributed by atoms with E-state index in [0.717, 1.165) is 11.1 Å². The van der Waals surface area contributed by atoms with E-state index >= 15 is 0 Å². The van der Waals surface area contributed by atoms with Crippen molar-refractivity contribution in [2.24, 2.45) is 0 Å². The number of thiazole rings is 1. The van der Waals surface area contributed by atoms with E-state index in [1.807, 2.05) is 26.0 Å². The highest BCUT2D eigenvalue weighted by atomic mass is 32.2. The first-order valence-electron chi connectivity index (χ1n) is 8.26. The molecule has 0 aliphatic carbocycles. The number of nitrogens with zero attached hydrogens (tertiary/aromatic N) is 2. The minimum Gasteiger partial charge on any atom is -0.336 e. The molecule has 3 rings (SSSR count). The molecule has 0 saturated carbocycles. The van der Waals surface area contributed by atoms with E-state index in [2.05, 4.69) is 4.98 Å². The highest BCUT2D eigenvalue weighted by Crippen LogP contribution is 2.23. The molecule has 1 aromatic heterocycles. The van der Waals surface area contributed by atoms with Crippen molar-refractivity contribution in [3.05, 3.63) is 50.3 Å². The summed E-state index contributed by atoms with van der Waals surface area (Å²) in [6.45, 7) is 6.59. The first-order valence-corrected chi connectivity index (χ1v) is 10.5. The third kappa shape index (κ3) is 3.46. The topological polar surface area (TPSA) is 90.6 Å². The molecule has 1 saturated heterocycles. The SMILES string of the molecule is Cc1ccc(C(=O)N2CCN(S(=O)(=O)c3sc(=O)[nH]c3C)CC2)cc1C. The molecule has 0 atom stereocenters. The molecule has 0 bridgehead atoms. The maximum absolute atomic E-state index is 12.7. The van der Waals surface area contributed by atoms with Gasteiger partial charge in [0.1, 0.15) is 0 Å². The van der Waals surface area contributed by atoms with Crippen LogP contribution in [0.3, 0.4) is 0 Å². The number of nitrogens with one attached hydrogen (secondary N) is 1. The van der Waals surface area contributed by atoms with Gasteiger partial charge in [-0.3, -0.25) is 9.59 Å². The monoisotopic (exact) mass is 395 g/mol. The summed E-state index contributed by atoms with van der Waals surface area (Å²) >= 11 is 0.701. The smallest absolute Gasteiger partial charge is 0.305 e. The molecule has 1 fully saturated rings. The Bertz CT molecular complexity index is 999. The summed E-state index contributed by atoms with van der Waals surface area (Å²) in [4.78, 5) is 27.9. The van der Waals surface area contributed by atoms with Gasteiger partial charge in [-0.25, -0.2) is 8.42 Å². The van der Waals surface area contributed by atoms with Gasteiger partial charge in [-0.15, -0.1) is 0 Å². The van der Waals surface area contributed by atoms with Gasteiger partial charge in [-0.1, -0.05) is 17.4 Å². The molecule has 0 spiro atoms. The summed E-state index contributed by atoms with van der Waals surface area (Å²) in [5, 5.41) is 0. The van der Waals surface area contributed by atoms with Gasteiger partial charge in [0.05, 0.1) is 0 Å². The van der Waals surface area contributed by atoms with E-state index in [4.69, 9.17) is 0 Å². The van der Waals surface area contributed by atoms with Crippen molar-refractivity contribution in [2.45, 2.75) is 25.0 Å². The van der Waals surface area contributed by atoms with Crippen molar-refractivity contribution in [1.82, 2.24) is 14.2 Å². The second kappa shape index (κ2) is 6.98. The van der Waals surface area contributed by atoms with Crippen LogP contribution in [0.2, 0.25) is 0 Å². The summed E-state index contributed by atoms with van der Waals surface area (Å²) in [5.41, 5.74) is 3.14. The highest BCUT2D eigenvalue weighted by molar-refractivity contribution is 7.91. The molecule has 1 amide bonds. The summed E-state index contributed by atoms with van der Waals surface area (Å²) in [6, 6.07) is 5.58. The third-order valence-corrected chi connectivity index (χ3v) is 8.12. The molecule has 140 valence electrons. The third-order valence-electron chi connectivity index (χ3n) is 4.64. The fraction of sp³-hybridized carbons (Fsp3) is 0.412. The van der Waals surface area contributed by atoms with Gasteiger partial charge in [-0.05, 0) is 44.0 Å². The average Bonchev–Trinajstić information content (AvgIpc) is 2.96. The number of aromatic nitrogens is 1. The van der Waals surface area contributed by atoms with E-state index in [1.165, 1.54) is 4.31 Å². The van der Waals surface area contributed by atoms with E-state index in [-0.39, 0.29) is 28.1 Å². The highest BCUT2D eigenvalue weighted by Gasteiger charge is 2.32. The molecule has 0 unspecified atom stereocenters. The van der Waals surface area contributed by atoms with E-state index in [0.29, 0.717) is 35.7 Å². The Morgan fingerprint density at radius 2 is 1.73 bits per heavy atom. The average molecular weight is 396 g/mol. The number of benzene rings is 1. The largest absolute Gasteiger partial charge is 0.336 e. The standard InChI is InChI=1S/C17H21N3O4S2/c1-11-4-5-14(10-12(11)2)15(21)19-6-8-20(9-7-19)26(23,24)16-13(3)18-17(22)25-16/h4-5,10H,6-9H2,1-3H3,(H,18,22). The number of amides is 1. The van der Waals surface area contributed by atoms with E-state index in [9.17, 15) is 18.0 Å². The van der Waals surface area contributed by atoms with Crippen LogP contribution in [-0.2, 0) is 10.0 Å². The maximum atomic E-state index is 12.7. The normalized spacial score (nSPS) is 16.0. The second-order valence-electron chi connectivity index (χ2n) is 6.42. The van der Waals surface area contributed by atoms with Crippen LogP contribution in [-0.4, -0.2) is 54.7 Å². The number of aryl methyl sites for hydroxylation is 3. The number of hydrogen-bond acceptors (Lipinski definition) is 5. The van der Waals surface area contributed by atoms with Crippen LogP contribution in [0.5, 0.6) is 0 Å². The Balaban J connectivity index is 1.72. The molecule has 1 aliphatic rings. The Morgan fingerprint density at radius 1 is 1.08 bits per heavy atom. The number of rotatable bonds is 3. The number of piperazine rings is 1. The molecular weight excluding hydrogens is 374 g/mol. The lowest BCUT2D eigenvalue weighted by atomic mass is 10.1. The quantitative estimate of drug-likeness (QED) is 0.853. The van der Waals surface area contributed by atoms with Crippen molar-refractivity contribution >= 4 is 27.3 Å². The fourth-order valence-corrected chi connectivity index (χ4v) is 5.80. The number of carbonyl (C=O) groups is 1. The van der Waals surface area contributed by atoms with Crippen LogP contribution in [0.1, 0.15) is 27.2 Å². The molecule has 26 heavy (non-hydrogen) atoms. The summed E-state index contributed by atoms with van der Waals surface area (Å²) in [7, 11) is -3.72. The minimum absolute atomic E-state index is 0.0523. The predicted octanol–water partition coefficient (Wildman–Crippen LogP) is 1.51. The van der Waals surface area contributed by atoms with Crippen LogP contribution in [0.4, 0.5) is 0 Å². The molecule has 7 nitrogen and oxygen atoms in total. The fourth-order valence-electron chi connectivity index (χ4n) is 2.94. The lowest BCUT2D eigenvalue weighted by molar-refractivity contribution is 0.0698. The van der Waals surface area contributed by atoms with Gasteiger partial charge in [0.15, 0.2) is 4.21 Å². The van der Waals surface area contributed by atoms with Gasteiger partial charge >= 0.3 is 4.87 Å². The lowest BCUT2D eigenvalue weighted by Gasteiger charge is -2.33. The molecule has 9 heteroatoms. The Kier molecular flexibility index (Phi) is 5.05.